The van der Waals surface area contributed by atoms with Gasteiger partial charge < -0.3 is 0 Å². The lowest BCUT2D eigenvalue weighted by Crippen LogP contribution is -1.83. The van der Waals surface area contributed by atoms with Crippen LogP contribution in [-0.2, 0) is 7.05 Å². The maximum Gasteiger partial charge on any atom is 0.137 e. The summed E-state index contributed by atoms with van der Waals surface area (Å²) in [5.74, 6) is 0. The van der Waals surface area contributed by atoms with Gasteiger partial charge in [0, 0.05) is 7.05 Å². The third-order valence-electron chi connectivity index (χ3n) is 0.534. The van der Waals surface area contributed by atoms with Gasteiger partial charge in [0.2, 0.25) is 0 Å². The molecule has 0 aliphatic rings. The second kappa shape index (κ2) is 2.34. The van der Waals surface area contributed by atoms with Crippen molar-refractivity contribution in [3.05, 3.63) is 12.7 Å². The molecule has 3 heteroatoms. The highest BCUT2D eigenvalue weighted by atomic mass is 15.3. The largest absolute Gasteiger partial charge is 0.256 e. The van der Waals surface area contributed by atoms with Crippen molar-refractivity contribution in [3.63, 3.8) is 0 Å². The van der Waals surface area contributed by atoms with Crippen molar-refractivity contribution in [1.29, 1.82) is 0 Å². The number of hydrogen-bond acceptors (Lipinski definition) is 2. The molecule has 3 nitrogen and oxygen atoms in total. The van der Waals surface area contributed by atoms with Gasteiger partial charge in [0.15, 0.2) is 0 Å². The average Bonchev–Trinajstić information content (AvgIpc) is 1.86. The molecule has 0 atom stereocenters. The van der Waals surface area contributed by atoms with Crippen molar-refractivity contribution in [2.75, 3.05) is 0 Å². The van der Waals surface area contributed by atoms with Crippen molar-refractivity contribution in [1.82, 2.24) is 14.8 Å². The van der Waals surface area contributed by atoms with E-state index >= 15 is 0 Å². The van der Waals surface area contributed by atoms with Gasteiger partial charge in [0.25, 0.3) is 0 Å². The predicted molar refractivity (Wildman–Crippen MR) is 27.7 cm³/mol. The average molecular weight is 99.1 g/mol. The fourth-order valence-electron chi connectivity index (χ4n) is 0.267. The molecular weight excluding hydrogens is 90.1 g/mol. The van der Waals surface area contributed by atoms with E-state index in [1.54, 1.807) is 11.0 Å². The Bertz CT molecular complexity index is 110. The van der Waals surface area contributed by atoms with E-state index in [4.69, 9.17) is 0 Å². The molecule has 1 rings (SSSR count). The van der Waals surface area contributed by atoms with Crippen LogP contribution in [0.25, 0.3) is 0 Å². The molecule has 0 N–H and O–H groups in total. The van der Waals surface area contributed by atoms with E-state index in [2.05, 4.69) is 10.1 Å². The van der Waals surface area contributed by atoms with Crippen LogP contribution in [0.1, 0.15) is 7.43 Å². The first-order valence-electron chi connectivity index (χ1n) is 1.68. The minimum atomic E-state index is 0. The molecule has 0 saturated carbocycles. The van der Waals surface area contributed by atoms with Crippen molar-refractivity contribution in [2.45, 2.75) is 7.43 Å². The summed E-state index contributed by atoms with van der Waals surface area (Å²) in [5.41, 5.74) is 0. The van der Waals surface area contributed by atoms with Crippen LogP contribution in [-0.4, -0.2) is 14.8 Å². The minimum Gasteiger partial charge on any atom is -0.256 e. The Kier molecular flexibility index (Phi) is 2.05. The SMILES string of the molecule is C.Cn1cncn1. The smallest absolute Gasteiger partial charge is 0.137 e. The number of rotatable bonds is 0. The molecule has 0 radical (unpaired) electrons. The van der Waals surface area contributed by atoms with E-state index in [0.29, 0.717) is 0 Å². The summed E-state index contributed by atoms with van der Waals surface area (Å²) >= 11 is 0. The predicted octanol–water partition coefficient (Wildman–Crippen LogP) is 0.451. The Labute approximate surface area is 43.0 Å². The molecule has 7 heavy (non-hydrogen) atoms. The minimum absolute atomic E-state index is 0. The Morgan fingerprint density at radius 3 is 2.43 bits per heavy atom. The summed E-state index contributed by atoms with van der Waals surface area (Å²) in [5, 5.41) is 3.72. The highest BCUT2D eigenvalue weighted by Gasteiger charge is 1.70. The van der Waals surface area contributed by atoms with Crippen molar-refractivity contribution < 1.29 is 0 Å². The summed E-state index contributed by atoms with van der Waals surface area (Å²) in [4.78, 5) is 3.67. The van der Waals surface area contributed by atoms with E-state index < -0.39 is 0 Å². The molecule has 0 aliphatic heterocycles. The van der Waals surface area contributed by atoms with E-state index in [0.717, 1.165) is 0 Å². The maximum atomic E-state index is 3.72. The van der Waals surface area contributed by atoms with Crippen LogP contribution in [0.3, 0.4) is 0 Å². The quantitative estimate of drug-likeness (QED) is 0.473. The van der Waals surface area contributed by atoms with Crippen LogP contribution in [0.2, 0.25) is 0 Å². The second-order valence-electron chi connectivity index (χ2n) is 1.07. The fourth-order valence-corrected chi connectivity index (χ4v) is 0.267. The highest BCUT2D eigenvalue weighted by Crippen LogP contribution is 1.64. The maximum absolute atomic E-state index is 3.72. The molecule has 0 bridgehead atoms. The molecule has 40 valence electrons. The zero-order chi connectivity index (χ0) is 4.41. The molecule has 0 saturated heterocycles. The third kappa shape index (κ3) is 1.34. The molecule has 1 aromatic heterocycles. The van der Waals surface area contributed by atoms with Crippen LogP contribution >= 0.6 is 0 Å². The van der Waals surface area contributed by atoms with Gasteiger partial charge in [-0.2, -0.15) is 5.10 Å². The van der Waals surface area contributed by atoms with Crippen LogP contribution in [0, 0.1) is 0 Å². The van der Waals surface area contributed by atoms with E-state index in [-0.39, 0.29) is 7.43 Å². The first kappa shape index (κ1) is 6.14. The van der Waals surface area contributed by atoms with Gasteiger partial charge in [-0.15, -0.1) is 0 Å². The molecule has 0 fully saturated rings. The fraction of sp³-hybridized carbons (Fsp3) is 0.500. The topological polar surface area (TPSA) is 30.7 Å². The molecule has 1 aromatic rings. The van der Waals surface area contributed by atoms with Crippen LogP contribution in [0.15, 0.2) is 12.7 Å². The Morgan fingerprint density at radius 1 is 1.57 bits per heavy atom. The summed E-state index contributed by atoms with van der Waals surface area (Å²) < 4.78 is 1.64. The van der Waals surface area contributed by atoms with Gasteiger partial charge in [-0.3, -0.25) is 4.68 Å². The van der Waals surface area contributed by atoms with Gasteiger partial charge >= 0.3 is 0 Å². The summed E-state index contributed by atoms with van der Waals surface area (Å²) in [6.45, 7) is 0. The first-order chi connectivity index (χ1) is 2.89. The lowest BCUT2D eigenvalue weighted by molar-refractivity contribution is 0.765. The van der Waals surface area contributed by atoms with Crippen LogP contribution < -0.4 is 0 Å². The number of aromatic nitrogens is 3. The zero-order valence-electron chi connectivity index (χ0n) is 3.50. The van der Waals surface area contributed by atoms with Gasteiger partial charge in [-0.1, -0.05) is 7.43 Å². The first-order valence-corrected chi connectivity index (χ1v) is 1.68. The number of hydrogen-bond donors (Lipinski definition) is 0. The number of aryl methyl sites for hydroxylation is 1. The molecule has 0 unspecified atom stereocenters. The van der Waals surface area contributed by atoms with Gasteiger partial charge in [-0.25, -0.2) is 4.98 Å². The van der Waals surface area contributed by atoms with Crippen LogP contribution in [0.5, 0.6) is 0 Å². The van der Waals surface area contributed by atoms with E-state index in [9.17, 15) is 0 Å². The van der Waals surface area contributed by atoms with E-state index in [1.165, 1.54) is 6.33 Å². The molecular formula is C4H9N3. The normalized spacial score (nSPS) is 7.57. The third-order valence-corrected chi connectivity index (χ3v) is 0.534. The molecule has 0 aromatic carbocycles. The molecule has 1 heterocycles. The van der Waals surface area contributed by atoms with Gasteiger partial charge in [-0.05, 0) is 0 Å². The van der Waals surface area contributed by atoms with Crippen LogP contribution in [0.4, 0.5) is 0 Å². The van der Waals surface area contributed by atoms with E-state index in [1.807, 2.05) is 7.05 Å². The van der Waals surface area contributed by atoms with Gasteiger partial charge in [0.05, 0.1) is 0 Å². The summed E-state index contributed by atoms with van der Waals surface area (Å²) in [7, 11) is 1.83. The second-order valence-corrected chi connectivity index (χ2v) is 1.07. The summed E-state index contributed by atoms with van der Waals surface area (Å²) in [6.07, 6.45) is 3.14. The van der Waals surface area contributed by atoms with Crippen molar-refractivity contribution in [3.8, 4) is 0 Å². The van der Waals surface area contributed by atoms with Crippen molar-refractivity contribution >= 4 is 0 Å². The zero-order valence-corrected chi connectivity index (χ0v) is 3.50. The Morgan fingerprint density at radius 2 is 2.29 bits per heavy atom. The molecule has 0 spiro atoms. The van der Waals surface area contributed by atoms with Gasteiger partial charge in [0.1, 0.15) is 12.7 Å². The Hall–Kier alpha value is -0.860. The lowest BCUT2D eigenvalue weighted by atomic mass is 11.2. The standard InChI is InChI=1S/C3H5N3.CH4/c1-6-3-4-2-5-6;/h2-3H,1H3;1H4. The summed E-state index contributed by atoms with van der Waals surface area (Å²) in [6, 6.07) is 0. The monoisotopic (exact) mass is 99.1 g/mol. The highest BCUT2D eigenvalue weighted by molar-refractivity contribution is 4.49. The lowest BCUT2D eigenvalue weighted by Gasteiger charge is -1.74. The Balaban J connectivity index is 0.000000360. The molecule has 0 aliphatic carbocycles. The molecule has 0 amide bonds. The number of nitrogens with zero attached hydrogens (tertiary/aromatic N) is 3. The van der Waals surface area contributed by atoms with Crippen molar-refractivity contribution in [2.24, 2.45) is 7.05 Å².